The monoisotopic (exact) mass is 351 g/mol. The van der Waals surface area contributed by atoms with Crippen molar-refractivity contribution in [3.63, 3.8) is 0 Å². The molecule has 1 saturated heterocycles. The van der Waals surface area contributed by atoms with Crippen LogP contribution >= 0.6 is 0 Å². The van der Waals surface area contributed by atoms with Crippen LogP contribution < -0.4 is 9.64 Å². The van der Waals surface area contributed by atoms with Crippen LogP contribution in [0, 0.1) is 29.1 Å². The lowest BCUT2D eigenvalue weighted by Crippen LogP contribution is -2.35. The molecule has 2 amide bonds. The number of nitrogens with zero attached hydrogens (tertiary/aromatic N) is 1. The van der Waals surface area contributed by atoms with Gasteiger partial charge >= 0.3 is 0 Å². The topological polar surface area (TPSA) is 63.7 Å². The number of hydrogen-bond acceptors (Lipinski definition) is 4. The average molecular weight is 351 g/mol. The molecule has 1 spiro atoms. The molecule has 5 rings (SSSR count). The van der Waals surface area contributed by atoms with Gasteiger partial charge in [-0.25, -0.2) is 4.90 Å². The molecule has 2 bridgehead atoms. The van der Waals surface area contributed by atoms with E-state index in [2.05, 4.69) is 12.2 Å². The number of rotatable bonds is 4. The molecule has 134 valence electrons. The Morgan fingerprint density at radius 2 is 1.77 bits per heavy atom. The molecule has 1 aliphatic heterocycles. The van der Waals surface area contributed by atoms with E-state index in [1.165, 1.54) is 11.8 Å². The van der Waals surface area contributed by atoms with Crippen molar-refractivity contribution in [1.82, 2.24) is 0 Å². The Morgan fingerprint density at radius 1 is 1.15 bits per heavy atom. The molecule has 0 radical (unpaired) electrons. The minimum absolute atomic E-state index is 0.104. The first-order chi connectivity index (χ1) is 12.5. The lowest BCUT2D eigenvalue weighted by molar-refractivity contribution is -0.123. The van der Waals surface area contributed by atoms with Crippen molar-refractivity contribution in [2.75, 3.05) is 11.5 Å². The number of imide groups is 1. The van der Waals surface area contributed by atoms with Gasteiger partial charge < -0.3 is 4.74 Å². The number of carbonyl (C=O) groups excluding carboxylic acids is 3. The van der Waals surface area contributed by atoms with E-state index in [0.29, 0.717) is 23.6 Å². The lowest BCUT2D eigenvalue weighted by atomic mass is 9.85. The Kier molecular flexibility index (Phi) is 3.07. The Labute approximate surface area is 152 Å². The standard InChI is InChI=1S/C21H21NO4/c1-3-26-16-7-4-12(11(2)23)10-15(16)22-19(24)17-13-5-6-14(18(17)20(22)25)21(13)8-9-21/h4-7,10,13-14,17-18H,3,8-9H2,1-2H3/t13-,14+,17+,18-. The summed E-state index contributed by atoms with van der Waals surface area (Å²) in [4.78, 5) is 39.6. The van der Waals surface area contributed by atoms with Crippen molar-refractivity contribution >= 4 is 23.3 Å². The molecule has 4 atom stereocenters. The van der Waals surface area contributed by atoms with Gasteiger partial charge in [0.1, 0.15) is 5.75 Å². The van der Waals surface area contributed by atoms with Crippen molar-refractivity contribution < 1.29 is 19.1 Å². The van der Waals surface area contributed by atoms with Gasteiger partial charge in [0, 0.05) is 5.56 Å². The summed E-state index contributed by atoms with van der Waals surface area (Å²) in [6.07, 6.45) is 6.55. The van der Waals surface area contributed by atoms with Crippen molar-refractivity contribution in [3.8, 4) is 5.75 Å². The van der Waals surface area contributed by atoms with Gasteiger partial charge in [0.05, 0.1) is 24.1 Å². The van der Waals surface area contributed by atoms with Crippen LogP contribution in [-0.4, -0.2) is 24.2 Å². The lowest BCUT2D eigenvalue weighted by Gasteiger charge is -2.23. The van der Waals surface area contributed by atoms with Gasteiger partial charge in [0.15, 0.2) is 5.78 Å². The molecule has 2 saturated carbocycles. The van der Waals surface area contributed by atoms with Crippen LogP contribution in [-0.2, 0) is 9.59 Å². The highest BCUT2D eigenvalue weighted by atomic mass is 16.5. The van der Waals surface area contributed by atoms with E-state index in [4.69, 9.17) is 4.74 Å². The molecule has 5 heteroatoms. The normalized spacial score (nSPS) is 32.5. The summed E-state index contributed by atoms with van der Waals surface area (Å²) < 4.78 is 5.65. The summed E-state index contributed by atoms with van der Waals surface area (Å²) in [5, 5.41) is 0. The van der Waals surface area contributed by atoms with Gasteiger partial charge in [-0.05, 0) is 62.1 Å². The van der Waals surface area contributed by atoms with E-state index in [0.717, 1.165) is 12.8 Å². The molecule has 0 unspecified atom stereocenters. The highest BCUT2D eigenvalue weighted by Gasteiger charge is 2.73. The van der Waals surface area contributed by atoms with Gasteiger partial charge in [-0.2, -0.15) is 0 Å². The van der Waals surface area contributed by atoms with E-state index in [1.807, 2.05) is 6.92 Å². The quantitative estimate of drug-likeness (QED) is 0.475. The number of anilines is 1. The van der Waals surface area contributed by atoms with E-state index in [-0.39, 0.29) is 46.7 Å². The van der Waals surface area contributed by atoms with Crippen LogP contribution in [0.15, 0.2) is 30.4 Å². The second-order valence-electron chi connectivity index (χ2n) is 7.90. The summed E-state index contributed by atoms with van der Waals surface area (Å²) in [6, 6.07) is 4.97. The number of hydrogen-bond donors (Lipinski definition) is 0. The fourth-order valence-electron chi connectivity index (χ4n) is 5.50. The Morgan fingerprint density at radius 3 is 2.27 bits per heavy atom. The van der Waals surface area contributed by atoms with E-state index in [1.54, 1.807) is 18.2 Å². The molecule has 3 aliphatic carbocycles. The fourth-order valence-corrected chi connectivity index (χ4v) is 5.50. The van der Waals surface area contributed by atoms with Crippen LogP contribution in [0.5, 0.6) is 5.75 Å². The highest BCUT2D eigenvalue weighted by molar-refractivity contribution is 6.24. The summed E-state index contributed by atoms with van der Waals surface area (Å²) >= 11 is 0. The second kappa shape index (κ2) is 5.06. The van der Waals surface area contributed by atoms with Crippen molar-refractivity contribution in [2.24, 2.45) is 29.1 Å². The Balaban J connectivity index is 1.58. The maximum atomic E-state index is 13.3. The second-order valence-corrected chi connectivity index (χ2v) is 7.90. The summed E-state index contributed by atoms with van der Waals surface area (Å²) in [5.41, 5.74) is 1.06. The van der Waals surface area contributed by atoms with Crippen LogP contribution in [0.4, 0.5) is 5.69 Å². The third kappa shape index (κ3) is 1.78. The molecule has 0 aromatic heterocycles. The molecule has 1 heterocycles. The average Bonchev–Trinajstić information content (AvgIpc) is 3.21. The summed E-state index contributed by atoms with van der Waals surface area (Å²) in [7, 11) is 0. The maximum absolute atomic E-state index is 13.3. The number of ether oxygens (including phenoxy) is 1. The number of benzene rings is 1. The molecule has 3 fully saturated rings. The molecule has 5 nitrogen and oxygen atoms in total. The molecule has 0 N–H and O–H groups in total. The number of carbonyl (C=O) groups is 3. The van der Waals surface area contributed by atoms with Crippen LogP contribution in [0.1, 0.15) is 37.0 Å². The molecule has 1 aromatic rings. The largest absolute Gasteiger partial charge is 0.492 e. The zero-order valence-electron chi connectivity index (χ0n) is 14.9. The predicted octanol–water partition coefficient (Wildman–Crippen LogP) is 2.99. The fraction of sp³-hybridized carbons (Fsp3) is 0.476. The zero-order chi connectivity index (χ0) is 18.2. The minimum Gasteiger partial charge on any atom is -0.492 e. The maximum Gasteiger partial charge on any atom is 0.238 e. The van der Waals surface area contributed by atoms with E-state index < -0.39 is 0 Å². The summed E-state index contributed by atoms with van der Waals surface area (Å²) in [6.45, 7) is 3.75. The SMILES string of the molecule is CCOc1ccc(C(C)=O)cc1N1C(=O)[C@@H]2[C@H](C1=O)[C@@H]1C=C[C@H]2C12CC2. The number of fused-ring (bicyclic) bond motifs is 3. The van der Waals surface area contributed by atoms with Gasteiger partial charge in [-0.1, -0.05) is 12.2 Å². The van der Waals surface area contributed by atoms with E-state index in [9.17, 15) is 14.4 Å². The smallest absolute Gasteiger partial charge is 0.238 e. The molecule has 1 aromatic carbocycles. The zero-order valence-corrected chi connectivity index (χ0v) is 14.9. The third-order valence-electron chi connectivity index (χ3n) is 6.76. The Hall–Kier alpha value is -2.43. The van der Waals surface area contributed by atoms with Crippen LogP contribution in [0.25, 0.3) is 0 Å². The van der Waals surface area contributed by atoms with Crippen LogP contribution in [0.2, 0.25) is 0 Å². The molecule has 26 heavy (non-hydrogen) atoms. The number of Topliss-reactive ketones (excluding diaryl/α,β-unsaturated/α-hetero) is 1. The predicted molar refractivity (Wildman–Crippen MR) is 94.9 cm³/mol. The first-order valence-electron chi connectivity index (χ1n) is 9.33. The van der Waals surface area contributed by atoms with Gasteiger partial charge in [-0.15, -0.1) is 0 Å². The van der Waals surface area contributed by atoms with Gasteiger partial charge in [-0.3, -0.25) is 14.4 Å². The van der Waals surface area contributed by atoms with Gasteiger partial charge in [0.2, 0.25) is 11.8 Å². The number of ketones is 1. The minimum atomic E-state index is -0.254. The molecular formula is C21H21NO4. The Bertz CT molecular complexity index is 848. The third-order valence-corrected chi connectivity index (χ3v) is 6.76. The first-order valence-corrected chi connectivity index (χ1v) is 9.33. The molecule has 4 aliphatic rings. The number of allylic oxidation sites excluding steroid dienone is 2. The van der Waals surface area contributed by atoms with Crippen LogP contribution in [0.3, 0.4) is 0 Å². The molecular weight excluding hydrogens is 330 g/mol. The van der Waals surface area contributed by atoms with Crippen molar-refractivity contribution in [2.45, 2.75) is 26.7 Å². The van der Waals surface area contributed by atoms with Gasteiger partial charge in [0.25, 0.3) is 0 Å². The number of amides is 2. The summed E-state index contributed by atoms with van der Waals surface area (Å²) in [5.74, 6) is -0.0377. The first kappa shape index (κ1) is 15.8. The van der Waals surface area contributed by atoms with Crippen molar-refractivity contribution in [1.29, 1.82) is 0 Å². The van der Waals surface area contributed by atoms with Crippen molar-refractivity contribution in [3.05, 3.63) is 35.9 Å². The van der Waals surface area contributed by atoms with E-state index >= 15 is 0 Å². The highest BCUT2D eigenvalue weighted by Crippen LogP contribution is 2.73.